The van der Waals surface area contributed by atoms with E-state index in [1.165, 1.54) is 21.8 Å². The zero-order valence-electron chi connectivity index (χ0n) is 11.5. The van der Waals surface area contributed by atoms with Gasteiger partial charge in [-0.3, -0.25) is 9.59 Å². The fraction of sp³-hybridized carbons (Fsp3) is 0.125. The van der Waals surface area contributed by atoms with Crippen molar-refractivity contribution in [2.24, 2.45) is 0 Å². The van der Waals surface area contributed by atoms with Crippen molar-refractivity contribution in [3.8, 4) is 0 Å². The second-order valence-corrected chi connectivity index (χ2v) is 4.36. The van der Waals surface area contributed by atoms with Crippen LogP contribution in [0.3, 0.4) is 0 Å². The number of hydrogen-bond donors (Lipinski definition) is 2. The molecule has 0 bridgehead atoms. The molecule has 5 heteroatoms. The van der Waals surface area contributed by atoms with E-state index in [-0.39, 0.29) is 0 Å². The van der Waals surface area contributed by atoms with Gasteiger partial charge in [0.15, 0.2) is 0 Å². The van der Waals surface area contributed by atoms with E-state index in [9.17, 15) is 9.59 Å². The first-order valence-electron chi connectivity index (χ1n) is 6.36. The maximum atomic E-state index is 10.0. The molecule has 0 saturated heterocycles. The van der Waals surface area contributed by atoms with Gasteiger partial charge in [0.05, 0.1) is 7.11 Å². The van der Waals surface area contributed by atoms with E-state index in [1.54, 1.807) is 0 Å². The van der Waals surface area contributed by atoms with Gasteiger partial charge in [0.2, 0.25) is 0 Å². The van der Waals surface area contributed by atoms with Gasteiger partial charge in [-0.15, -0.1) is 0 Å². The highest BCUT2D eigenvalue weighted by Crippen LogP contribution is 2.24. The molecule has 1 heterocycles. The predicted octanol–water partition coefficient (Wildman–Crippen LogP) is 2.96. The molecule has 0 atom stereocenters. The lowest BCUT2D eigenvalue weighted by molar-refractivity contribution is -0.149. The average molecular weight is 285 g/mol. The number of carboxylic acids is 1. The number of nitrogens with one attached hydrogen (secondary N) is 1. The van der Waals surface area contributed by atoms with Gasteiger partial charge in [-0.2, -0.15) is 0 Å². The first-order chi connectivity index (χ1) is 10.1. The lowest BCUT2D eigenvalue weighted by Gasteiger charge is -1.90. The Balaban J connectivity index is 0.000000177. The first kappa shape index (κ1) is 14.6. The van der Waals surface area contributed by atoms with Gasteiger partial charge < -0.3 is 14.8 Å². The summed E-state index contributed by atoms with van der Waals surface area (Å²) in [4.78, 5) is 23.1. The summed E-state index contributed by atoms with van der Waals surface area (Å²) in [7, 11) is 1.14. The second kappa shape index (κ2) is 6.56. The number of fused-ring (bicyclic) bond motifs is 3. The molecule has 0 aliphatic heterocycles. The summed E-state index contributed by atoms with van der Waals surface area (Å²) in [6, 6.07) is 16.8. The normalized spacial score (nSPS) is 9.95. The van der Waals surface area contributed by atoms with Crippen LogP contribution in [0, 0.1) is 0 Å². The summed E-state index contributed by atoms with van der Waals surface area (Å²) in [5.41, 5.74) is 2.42. The molecule has 0 saturated carbocycles. The van der Waals surface area contributed by atoms with Crippen LogP contribution in [-0.4, -0.2) is 29.1 Å². The molecular weight excluding hydrogens is 270 g/mol. The second-order valence-electron chi connectivity index (χ2n) is 4.36. The lowest BCUT2D eigenvalue weighted by Crippen LogP contribution is -2.07. The van der Waals surface area contributed by atoms with Gasteiger partial charge >= 0.3 is 11.9 Å². The number of aromatic amines is 1. The minimum absolute atomic E-state index is 0.559. The third-order valence-electron chi connectivity index (χ3n) is 2.94. The molecule has 1 aromatic heterocycles. The molecule has 2 aromatic carbocycles. The van der Waals surface area contributed by atoms with Crippen LogP contribution < -0.4 is 0 Å². The van der Waals surface area contributed by atoms with Crippen molar-refractivity contribution in [2.45, 2.75) is 6.42 Å². The molecule has 3 aromatic rings. The Labute approximate surface area is 121 Å². The van der Waals surface area contributed by atoms with E-state index in [1.807, 2.05) is 0 Å². The van der Waals surface area contributed by atoms with E-state index in [0.717, 1.165) is 7.11 Å². The molecule has 0 fully saturated rings. The zero-order valence-corrected chi connectivity index (χ0v) is 11.5. The molecule has 5 nitrogen and oxygen atoms in total. The fourth-order valence-corrected chi connectivity index (χ4v) is 1.99. The Hall–Kier alpha value is -2.82. The Morgan fingerprint density at radius 1 is 1.00 bits per heavy atom. The zero-order chi connectivity index (χ0) is 15.2. The third kappa shape index (κ3) is 3.60. The minimum Gasteiger partial charge on any atom is -0.481 e. The standard InChI is InChI=1S/C12H9N.C4H6O4/c1-3-7-11-9(5-1)10-6-2-4-8-12(10)13-11;1-8-4(7)2-3(5)6/h1-8,13H;2H2,1H3,(H,5,6). The summed E-state index contributed by atoms with van der Waals surface area (Å²) in [6.07, 6.45) is -0.559. The maximum absolute atomic E-state index is 10.0. The van der Waals surface area contributed by atoms with Gasteiger partial charge in [0.1, 0.15) is 6.42 Å². The van der Waals surface area contributed by atoms with E-state index in [2.05, 4.69) is 58.3 Å². The van der Waals surface area contributed by atoms with Crippen LogP contribution >= 0.6 is 0 Å². The summed E-state index contributed by atoms with van der Waals surface area (Å²) in [5, 5.41) is 10.5. The minimum atomic E-state index is -1.17. The molecule has 0 aliphatic carbocycles. The fourth-order valence-electron chi connectivity index (χ4n) is 1.99. The molecule has 108 valence electrons. The molecule has 21 heavy (non-hydrogen) atoms. The quantitative estimate of drug-likeness (QED) is 0.560. The van der Waals surface area contributed by atoms with Crippen molar-refractivity contribution in [3.05, 3.63) is 48.5 Å². The van der Waals surface area contributed by atoms with Crippen LogP contribution in [0.15, 0.2) is 48.5 Å². The van der Waals surface area contributed by atoms with Crippen LogP contribution in [-0.2, 0) is 14.3 Å². The first-order valence-corrected chi connectivity index (χ1v) is 6.36. The molecular formula is C16H15NO4. The van der Waals surface area contributed by atoms with E-state index in [4.69, 9.17) is 5.11 Å². The van der Waals surface area contributed by atoms with E-state index in [0.29, 0.717) is 0 Å². The Morgan fingerprint density at radius 2 is 1.48 bits per heavy atom. The molecule has 0 radical (unpaired) electrons. The molecule has 0 spiro atoms. The monoisotopic (exact) mass is 285 g/mol. The molecule has 2 N–H and O–H groups in total. The number of hydrogen-bond acceptors (Lipinski definition) is 3. The highest BCUT2D eigenvalue weighted by molar-refractivity contribution is 6.06. The molecule has 0 aliphatic rings. The largest absolute Gasteiger partial charge is 0.481 e. The number of carbonyl (C=O) groups is 2. The number of aromatic nitrogens is 1. The molecule has 0 unspecified atom stereocenters. The highest BCUT2D eigenvalue weighted by Gasteiger charge is 2.04. The number of para-hydroxylation sites is 2. The van der Waals surface area contributed by atoms with Gasteiger partial charge in [-0.25, -0.2) is 0 Å². The van der Waals surface area contributed by atoms with Crippen molar-refractivity contribution < 1.29 is 19.4 Å². The van der Waals surface area contributed by atoms with Crippen LogP contribution in [0.4, 0.5) is 0 Å². The van der Waals surface area contributed by atoms with Gasteiger partial charge in [0.25, 0.3) is 0 Å². The van der Waals surface area contributed by atoms with Crippen molar-refractivity contribution in [2.75, 3.05) is 7.11 Å². The van der Waals surface area contributed by atoms with Crippen molar-refractivity contribution in [1.82, 2.24) is 4.98 Å². The van der Waals surface area contributed by atoms with Gasteiger partial charge in [-0.1, -0.05) is 36.4 Å². The van der Waals surface area contributed by atoms with E-state index >= 15 is 0 Å². The lowest BCUT2D eigenvalue weighted by atomic mass is 10.2. The number of benzene rings is 2. The summed E-state index contributed by atoms with van der Waals surface area (Å²) >= 11 is 0. The van der Waals surface area contributed by atoms with Crippen LogP contribution in [0.25, 0.3) is 21.8 Å². The van der Waals surface area contributed by atoms with Crippen LogP contribution in [0.2, 0.25) is 0 Å². The smallest absolute Gasteiger partial charge is 0.316 e. The van der Waals surface area contributed by atoms with Crippen molar-refractivity contribution in [3.63, 3.8) is 0 Å². The van der Waals surface area contributed by atoms with Crippen LogP contribution in [0.5, 0.6) is 0 Å². The van der Waals surface area contributed by atoms with Crippen molar-refractivity contribution >= 4 is 33.7 Å². The van der Waals surface area contributed by atoms with Gasteiger partial charge in [-0.05, 0) is 12.1 Å². The molecule has 0 amide bonds. The number of rotatable bonds is 2. The number of ether oxygens (including phenoxy) is 1. The number of H-pyrrole nitrogens is 1. The van der Waals surface area contributed by atoms with Crippen molar-refractivity contribution in [1.29, 1.82) is 0 Å². The van der Waals surface area contributed by atoms with E-state index < -0.39 is 18.4 Å². The topological polar surface area (TPSA) is 79.4 Å². The Bertz CT molecular complexity index is 726. The number of esters is 1. The number of methoxy groups -OCH3 is 1. The number of carboxylic acid groups (broad SMARTS) is 1. The maximum Gasteiger partial charge on any atom is 0.316 e. The summed E-state index contributed by atoms with van der Waals surface area (Å²) < 4.78 is 4.04. The number of aliphatic carboxylic acids is 1. The number of carbonyl (C=O) groups excluding carboxylic acids is 1. The third-order valence-corrected chi connectivity index (χ3v) is 2.94. The van der Waals surface area contributed by atoms with Gasteiger partial charge in [0, 0.05) is 21.8 Å². The highest BCUT2D eigenvalue weighted by atomic mass is 16.5. The predicted molar refractivity (Wildman–Crippen MR) is 80.1 cm³/mol. The Morgan fingerprint density at radius 3 is 1.86 bits per heavy atom. The van der Waals surface area contributed by atoms with Crippen LogP contribution in [0.1, 0.15) is 6.42 Å². The molecule has 3 rings (SSSR count). The average Bonchev–Trinajstić information content (AvgIpc) is 2.86. The Kier molecular flexibility index (Phi) is 4.56. The summed E-state index contributed by atoms with van der Waals surface area (Å²) in [6.45, 7) is 0. The summed E-state index contributed by atoms with van der Waals surface area (Å²) in [5.74, 6) is -1.89. The SMILES string of the molecule is COC(=O)CC(=O)O.c1ccc2c(c1)[nH]c1ccccc12.